The van der Waals surface area contributed by atoms with Crippen molar-refractivity contribution in [2.75, 3.05) is 0 Å². The van der Waals surface area contributed by atoms with Gasteiger partial charge in [0.2, 0.25) is 0 Å². The molecule has 1 heterocycles. The molecule has 1 atom stereocenters. The molecule has 1 aromatic rings. The van der Waals surface area contributed by atoms with Gasteiger partial charge in [0.25, 0.3) is 0 Å². The molecule has 0 amide bonds. The van der Waals surface area contributed by atoms with E-state index >= 15 is 0 Å². The number of hydrogen-bond acceptors (Lipinski definition) is 2. The third-order valence-corrected chi connectivity index (χ3v) is 2.24. The van der Waals surface area contributed by atoms with Gasteiger partial charge in [-0.05, 0) is 12.3 Å². The number of aromatic nitrogens is 2. The van der Waals surface area contributed by atoms with Gasteiger partial charge in [0.1, 0.15) is 0 Å². The maximum atomic E-state index is 11.2. The number of imidazole rings is 1. The van der Waals surface area contributed by atoms with E-state index in [9.17, 15) is 9.59 Å². The number of aromatic amines is 1. The van der Waals surface area contributed by atoms with Crippen molar-refractivity contribution in [1.29, 1.82) is 0 Å². The summed E-state index contributed by atoms with van der Waals surface area (Å²) in [6.07, 6.45) is 3.65. The van der Waals surface area contributed by atoms with Crippen molar-refractivity contribution in [3.63, 3.8) is 0 Å². The van der Waals surface area contributed by atoms with E-state index in [1.807, 2.05) is 13.8 Å². The molecule has 0 saturated carbocycles. The SMILES string of the molecule is CC(C)CC(Cn1cc[nH]c1=O)C(=O)O. The molecule has 84 valence electrons. The summed E-state index contributed by atoms with van der Waals surface area (Å²) in [5.74, 6) is -1.05. The van der Waals surface area contributed by atoms with Gasteiger partial charge in [-0.2, -0.15) is 0 Å². The summed E-state index contributed by atoms with van der Waals surface area (Å²) < 4.78 is 1.39. The quantitative estimate of drug-likeness (QED) is 0.762. The maximum absolute atomic E-state index is 11.2. The molecular weight excluding hydrogens is 196 g/mol. The lowest BCUT2D eigenvalue weighted by molar-refractivity contribution is -0.142. The number of carboxylic acids is 1. The molecule has 1 unspecified atom stereocenters. The van der Waals surface area contributed by atoms with Crippen molar-refractivity contribution in [3.8, 4) is 0 Å². The van der Waals surface area contributed by atoms with Crippen molar-refractivity contribution in [2.24, 2.45) is 11.8 Å². The number of rotatable bonds is 5. The Kier molecular flexibility index (Phi) is 3.71. The minimum atomic E-state index is -0.850. The van der Waals surface area contributed by atoms with Crippen LogP contribution in [0.3, 0.4) is 0 Å². The molecule has 0 aliphatic heterocycles. The van der Waals surface area contributed by atoms with Crippen LogP contribution in [0.25, 0.3) is 0 Å². The molecule has 2 N–H and O–H groups in total. The van der Waals surface area contributed by atoms with Gasteiger partial charge in [0.05, 0.1) is 5.92 Å². The number of hydrogen-bond donors (Lipinski definition) is 2. The monoisotopic (exact) mass is 212 g/mol. The summed E-state index contributed by atoms with van der Waals surface area (Å²) in [6.45, 7) is 4.17. The van der Waals surface area contributed by atoms with E-state index in [1.165, 1.54) is 10.8 Å². The molecule has 0 saturated heterocycles. The number of carboxylic acid groups (broad SMARTS) is 1. The molecule has 1 aromatic heterocycles. The Morgan fingerprint density at radius 2 is 2.27 bits per heavy atom. The Bertz CT molecular complexity index is 378. The Morgan fingerprint density at radius 1 is 1.60 bits per heavy atom. The molecule has 0 bridgehead atoms. The van der Waals surface area contributed by atoms with Crippen LogP contribution in [0.15, 0.2) is 17.2 Å². The van der Waals surface area contributed by atoms with Gasteiger partial charge in [0, 0.05) is 18.9 Å². The van der Waals surface area contributed by atoms with Crippen molar-refractivity contribution in [1.82, 2.24) is 9.55 Å². The van der Waals surface area contributed by atoms with E-state index < -0.39 is 11.9 Å². The standard InChI is InChI=1S/C10H16N2O3/c1-7(2)5-8(9(13)14)6-12-4-3-11-10(12)15/h3-4,7-8H,5-6H2,1-2H3,(H,11,15)(H,13,14). The fourth-order valence-corrected chi connectivity index (χ4v) is 1.55. The van der Waals surface area contributed by atoms with Crippen LogP contribution in [0.4, 0.5) is 0 Å². The van der Waals surface area contributed by atoms with E-state index in [1.54, 1.807) is 6.20 Å². The van der Waals surface area contributed by atoms with Gasteiger partial charge in [-0.3, -0.25) is 9.36 Å². The predicted molar refractivity (Wildman–Crippen MR) is 55.6 cm³/mol. The van der Waals surface area contributed by atoms with Crippen LogP contribution >= 0.6 is 0 Å². The molecule has 5 heteroatoms. The molecule has 0 spiro atoms. The van der Waals surface area contributed by atoms with Gasteiger partial charge in [-0.1, -0.05) is 13.8 Å². The molecule has 1 rings (SSSR count). The zero-order chi connectivity index (χ0) is 11.4. The average Bonchev–Trinajstić information content (AvgIpc) is 2.50. The first-order valence-corrected chi connectivity index (χ1v) is 4.97. The van der Waals surface area contributed by atoms with Gasteiger partial charge in [0.15, 0.2) is 0 Å². The molecule has 15 heavy (non-hydrogen) atoms. The van der Waals surface area contributed by atoms with Crippen molar-refractivity contribution < 1.29 is 9.90 Å². The summed E-state index contributed by atoms with van der Waals surface area (Å²) >= 11 is 0. The van der Waals surface area contributed by atoms with Gasteiger partial charge in [-0.25, -0.2) is 4.79 Å². The number of H-pyrrole nitrogens is 1. The molecule has 0 aliphatic rings. The van der Waals surface area contributed by atoms with E-state index in [-0.39, 0.29) is 12.2 Å². The van der Waals surface area contributed by atoms with Crippen molar-refractivity contribution in [2.45, 2.75) is 26.8 Å². The smallest absolute Gasteiger partial charge is 0.325 e. The largest absolute Gasteiger partial charge is 0.481 e. The number of aliphatic carboxylic acids is 1. The summed E-state index contributed by atoms with van der Waals surface area (Å²) in [5, 5.41) is 8.99. The van der Waals surface area contributed by atoms with Crippen molar-refractivity contribution >= 4 is 5.97 Å². The first-order valence-electron chi connectivity index (χ1n) is 4.97. The van der Waals surface area contributed by atoms with E-state index in [2.05, 4.69) is 4.98 Å². The van der Waals surface area contributed by atoms with Crippen LogP contribution in [0, 0.1) is 11.8 Å². The molecule has 0 fully saturated rings. The van der Waals surface area contributed by atoms with Gasteiger partial charge >= 0.3 is 11.7 Å². The Hall–Kier alpha value is -1.52. The molecular formula is C10H16N2O3. The first-order chi connectivity index (χ1) is 7.00. The van der Waals surface area contributed by atoms with Crippen LogP contribution < -0.4 is 5.69 Å². The molecule has 5 nitrogen and oxygen atoms in total. The van der Waals surface area contributed by atoms with E-state index in [0.717, 1.165) is 0 Å². The minimum absolute atomic E-state index is 0.232. The highest BCUT2D eigenvalue weighted by molar-refractivity contribution is 5.69. The van der Waals surface area contributed by atoms with E-state index in [4.69, 9.17) is 5.11 Å². The highest BCUT2D eigenvalue weighted by Gasteiger charge is 2.19. The second-order valence-corrected chi connectivity index (χ2v) is 4.08. The minimum Gasteiger partial charge on any atom is -0.481 e. The lowest BCUT2D eigenvalue weighted by atomic mass is 9.97. The topological polar surface area (TPSA) is 75.1 Å². The van der Waals surface area contributed by atoms with E-state index in [0.29, 0.717) is 12.3 Å². The second-order valence-electron chi connectivity index (χ2n) is 4.08. The highest BCUT2D eigenvalue weighted by atomic mass is 16.4. The normalized spacial score (nSPS) is 13.0. The summed E-state index contributed by atoms with van der Waals surface area (Å²) in [4.78, 5) is 24.6. The summed E-state index contributed by atoms with van der Waals surface area (Å²) in [5.41, 5.74) is -0.259. The fourth-order valence-electron chi connectivity index (χ4n) is 1.55. The zero-order valence-corrected chi connectivity index (χ0v) is 8.93. The fraction of sp³-hybridized carbons (Fsp3) is 0.600. The lowest BCUT2D eigenvalue weighted by Crippen LogP contribution is -2.27. The van der Waals surface area contributed by atoms with Crippen molar-refractivity contribution in [3.05, 3.63) is 22.9 Å². The predicted octanol–water partition coefficient (Wildman–Crippen LogP) is 0.923. The number of nitrogens with one attached hydrogen (secondary N) is 1. The summed E-state index contributed by atoms with van der Waals surface area (Å²) in [6, 6.07) is 0. The molecule has 0 aromatic carbocycles. The Morgan fingerprint density at radius 3 is 2.67 bits per heavy atom. The molecule has 0 radical (unpaired) electrons. The van der Waals surface area contributed by atoms with Crippen LogP contribution in [-0.4, -0.2) is 20.6 Å². The Balaban J connectivity index is 2.71. The number of carbonyl (C=O) groups is 1. The first kappa shape index (κ1) is 11.6. The highest BCUT2D eigenvalue weighted by Crippen LogP contribution is 2.13. The van der Waals surface area contributed by atoms with Gasteiger partial charge in [-0.15, -0.1) is 0 Å². The average molecular weight is 212 g/mol. The summed E-state index contributed by atoms with van der Waals surface area (Å²) in [7, 11) is 0. The zero-order valence-electron chi connectivity index (χ0n) is 8.93. The second kappa shape index (κ2) is 4.82. The van der Waals surface area contributed by atoms with Crippen LogP contribution in [0.1, 0.15) is 20.3 Å². The third kappa shape index (κ3) is 3.27. The van der Waals surface area contributed by atoms with Gasteiger partial charge < -0.3 is 10.1 Å². The Labute approximate surface area is 87.7 Å². The third-order valence-electron chi connectivity index (χ3n) is 2.24. The molecule has 0 aliphatic carbocycles. The lowest BCUT2D eigenvalue weighted by Gasteiger charge is -2.14. The van der Waals surface area contributed by atoms with Crippen LogP contribution in [0.2, 0.25) is 0 Å². The maximum Gasteiger partial charge on any atom is 0.325 e. The van der Waals surface area contributed by atoms with Crippen LogP contribution in [-0.2, 0) is 11.3 Å². The van der Waals surface area contributed by atoms with Crippen LogP contribution in [0.5, 0.6) is 0 Å². The number of nitrogens with zero attached hydrogens (tertiary/aromatic N) is 1.